The van der Waals surface area contributed by atoms with Crippen molar-refractivity contribution in [3.63, 3.8) is 0 Å². The number of fused-ring (bicyclic) bond motifs is 2. The molecule has 2 aromatic heterocycles. The zero-order valence-corrected chi connectivity index (χ0v) is 36.2. The number of carbonyl (C=O) groups is 4. The molecule has 5 N–H and O–H groups in total. The van der Waals surface area contributed by atoms with E-state index in [0.29, 0.717) is 40.9 Å². The fraction of sp³-hybridized carbons (Fsp3) is 0.488. The van der Waals surface area contributed by atoms with Gasteiger partial charge in [0.05, 0.1) is 29.0 Å². The lowest BCUT2D eigenvalue weighted by Gasteiger charge is -2.35. The predicted octanol–water partition coefficient (Wildman–Crippen LogP) is 7.21. The third-order valence-electron chi connectivity index (χ3n) is 10.5. The third kappa shape index (κ3) is 9.76. The molecular weight excluding hydrogens is 822 g/mol. The number of hydrogen-bond donors (Lipinski definition) is 4. The lowest BCUT2D eigenvalue weighted by molar-refractivity contribution is -0.142. The largest absolute Gasteiger partial charge is 0.404 e. The second-order valence-corrected chi connectivity index (χ2v) is 19.9. The van der Waals surface area contributed by atoms with Gasteiger partial charge in [-0.15, -0.1) is 22.7 Å². The smallest absolute Gasteiger partial charge is 0.370 e. The number of rotatable bonds is 15. The van der Waals surface area contributed by atoms with E-state index in [1.807, 2.05) is 12.1 Å². The van der Waals surface area contributed by atoms with E-state index in [2.05, 4.69) is 53.8 Å². The average Bonchev–Trinajstić information content (AvgIpc) is 3.95. The first-order chi connectivity index (χ1) is 27.9. The van der Waals surface area contributed by atoms with Crippen LogP contribution in [0.5, 0.6) is 0 Å². The summed E-state index contributed by atoms with van der Waals surface area (Å²) in [6.45, 7) is 9.50. The monoisotopic (exact) mass is 872 g/mol. The van der Waals surface area contributed by atoms with Crippen LogP contribution in [0.1, 0.15) is 98.6 Å². The average molecular weight is 873 g/mol. The number of nitrogens with one attached hydrogen (secondary N) is 3. The van der Waals surface area contributed by atoms with Crippen molar-refractivity contribution in [1.82, 2.24) is 25.8 Å². The number of hydrogen-bond acceptors (Lipinski definition) is 11. The molecule has 0 bridgehead atoms. The summed E-state index contributed by atoms with van der Waals surface area (Å²) < 4.78 is 54.5. The maximum Gasteiger partial charge on any atom is 0.404 e. The normalized spacial score (nSPS) is 19.5. The molecule has 2 fully saturated rings. The molecule has 2 aliphatic heterocycles. The van der Waals surface area contributed by atoms with Gasteiger partial charge in [-0.25, -0.2) is 4.98 Å². The van der Waals surface area contributed by atoms with Crippen LogP contribution in [0.3, 0.4) is 0 Å². The summed E-state index contributed by atoms with van der Waals surface area (Å²) in [5.41, 5.74) is 3.15. The van der Waals surface area contributed by atoms with Crippen LogP contribution in [0.4, 0.5) is 8.78 Å². The quantitative estimate of drug-likeness (QED) is 0.0898. The fourth-order valence-electron chi connectivity index (χ4n) is 7.45. The fourth-order valence-corrected chi connectivity index (χ4v) is 10.9. The van der Waals surface area contributed by atoms with Gasteiger partial charge in [0.25, 0.3) is 5.91 Å². The Morgan fingerprint density at radius 2 is 1.71 bits per heavy atom. The van der Waals surface area contributed by atoms with Crippen molar-refractivity contribution in [3.8, 4) is 10.4 Å². The Kier molecular flexibility index (Phi) is 13.7. The Morgan fingerprint density at radius 3 is 2.37 bits per heavy atom. The lowest BCUT2D eigenvalue weighted by Crippen LogP contribution is -2.60. The first-order valence-electron chi connectivity index (χ1n) is 19.8. The van der Waals surface area contributed by atoms with Crippen LogP contribution in [-0.2, 0) is 39.1 Å². The molecule has 6 rings (SSSR count). The zero-order valence-electron chi connectivity index (χ0n) is 33.7. The standard InChI is InChI=1S/C41H51F2N6O7PS2/c1-6-55-57(54,56-7-2)41(42,43)27-12-16-32-25(20-27)21-33(58-32)37(52)48-30-22-45-19-18-28-13-15-31(49(28)39(30)53)36(51)47-29(14-17-35(44)50)38-46-23-34(59-38)24-8-10-26(11-9-24)40(3,4)5/h8-12,16,20-21,23,28-31,45H,6-7,13-15,17-19,22H2,1-5H3,(H2,44,50)(H,47,51)(H,48,52)/t28-,29+,30+,31+/m1/s1. The number of aromatic nitrogens is 1. The molecule has 59 heavy (non-hydrogen) atoms. The van der Waals surface area contributed by atoms with Crippen LogP contribution < -0.4 is 21.7 Å². The molecule has 4 aromatic rings. The Balaban J connectivity index is 1.18. The van der Waals surface area contributed by atoms with Gasteiger partial charge in [-0.2, -0.15) is 8.78 Å². The number of amides is 4. The van der Waals surface area contributed by atoms with Gasteiger partial charge >= 0.3 is 13.3 Å². The van der Waals surface area contributed by atoms with E-state index in [4.69, 9.17) is 14.8 Å². The molecule has 0 saturated carbocycles. The molecule has 4 amide bonds. The second-order valence-electron chi connectivity index (χ2n) is 15.7. The minimum Gasteiger partial charge on any atom is -0.370 e. The van der Waals surface area contributed by atoms with Gasteiger partial charge in [-0.3, -0.25) is 23.7 Å². The molecule has 2 aromatic carbocycles. The highest BCUT2D eigenvalue weighted by Crippen LogP contribution is 2.67. The van der Waals surface area contributed by atoms with Crippen LogP contribution in [0.15, 0.2) is 54.7 Å². The Hall–Kier alpha value is -4.12. The van der Waals surface area contributed by atoms with Crippen molar-refractivity contribution in [3.05, 3.63) is 75.7 Å². The molecule has 0 unspecified atom stereocenters. The van der Waals surface area contributed by atoms with Crippen molar-refractivity contribution in [2.75, 3.05) is 26.3 Å². The molecule has 18 heteroatoms. The molecule has 0 aliphatic carbocycles. The number of nitrogens with zero attached hydrogens (tertiary/aromatic N) is 2. The minimum absolute atomic E-state index is 0.00349. The van der Waals surface area contributed by atoms with E-state index in [9.17, 15) is 23.7 Å². The second kappa shape index (κ2) is 18.2. The number of nitrogens with two attached hydrogens (primary N) is 1. The van der Waals surface area contributed by atoms with E-state index in [1.54, 1.807) is 11.1 Å². The summed E-state index contributed by atoms with van der Waals surface area (Å²) in [4.78, 5) is 61.3. The summed E-state index contributed by atoms with van der Waals surface area (Å²) >= 11 is 2.47. The number of thiazole rings is 1. The van der Waals surface area contributed by atoms with E-state index in [0.717, 1.165) is 33.9 Å². The molecular formula is C41H51F2N6O7PS2. The van der Waals surface area contributed by atoms with E-state index >= 15 is 8.78 Å². The molecule has 13 nitrogen and oxygen atoms in total. The molecule has 2 aliphatic rings. The number of carbonyl (C=O) groups excluding carboxylic acids is 4. The summed E-state index contributed by atoms with van der Waals surface area (Å²) in [7, 11) is -4.85. The highest BCUT2D eigenvalue weighted by molar-refractivity contribution is 7.54. The molecule has 4 atom stereocenters. The van der Waals surface area contributed by atoms with Crippen molar-refractivity contribution < 1.29 is 41.6 Å². The summed E-state index contributed by atoms with van der Waals surface area (Å²) in [6, 6.07) is 10.6. The number of primary amides is 1. The Bertz CT molecular complexity index is 2220. The van der Waals surface area contributed by atoms with Crippen LogP contribution in [0, 0.1) is 0 Å². The lowest BCUT2D eigenvalue weighted by atomic mass is 9.87. The summed E-state index contributed by atoms with van der Waals surface area (Å²) in [6.07, 6.45) is 3.56. The zero-order chi connectivity index (χ0) is 42.7. The van der Waals surface area contributed by atoms with Crippen molar-refractivity contribution >= 4 is 64.0 Å². The van der Waals surface area contributed by atoms with Crippen LogP contribution >= 0.6 is 30.3 Å². The number of benzene rings is 2. The van der Waals surface area contributed by atoms with Gasteiger partial charge in [0.1, 0.15) is 17.1 Å². The van der Waals surface area contributed by atoms with Gasteiger partial charge in [0.15, 0.2) is 0 Å². The Morgan fingerprint density at radius 1 is 1.02 bits per heavy atom. The van der Waals surface area contributed by atoms with Crippen LogP contribution in [0.2, 0.25) is 0 Å². The number of alkyl halides is 2. The van der Waals surface area contributed by atoms with E-state index in [-0.39, 0.29) is 48.9 Å². The maximum absolute atomic E-state index is 15.5. The van der Waals surface area contributed by atoms with Gasteiger partial charge in [0, 0.05) is 35.5 Å². The molecule has 4 heterocycles. The summed E-state index contributed by atoms with van der Waals surface area (Å²) in [5.74, 6) is -1.93. The molecule has 2 saturated heterocycles. The molecule has 318 valence electrons. The van der Waals surface area contributed by atoms with Crippen molar-refractivity contribution in [1.29, 1.82) is 0 Å². The topological polar surface area (TPSA) is 182 Å². The van der Waals surface area contributed by atoms with Gasteiger partial charge in [0.2, 0.25) is 17.7 Å². The number of halogens is 2. The van der Waals surface area contributed by atoms with Gasteiger partial charge in [-0.05, 0) is 86.2 Å². The summed E-state index contributed by atoms with van der Waals surface area (Å²) in [5, 5.41) is 10.0. The van der Waals surface area contributed by atoms with Crippen molar-refractivity contribution in [2.45, 2.75) is 102 Å². The predicted molar refractivity (Wildman–Crippen MR) is 225 cm³/mol. The number of thiophene rings is 1. The van der Waals surface area contributed by atoms with Crippen LogP contribution in [-0.4, -0.2) is 77.9 Å². The highest BCUT2D eigenvalue weighted by atomic mass is 32.1. The van der Waals surface area contributed by atoms with Crippen molar-refractivity contribution in [2.24, 2.45) is 5.73 Å². The minimum atomic E-state index is -4.85. The molecule has 0 radical (unpaired) electrons. The molecule has 0 spiro atoms. The SMILES string of the molecule is CCOP(=O)(OCC)C(F)(F)c1ccc2sc(C(=O)N[C@H]3CNCC[C@H]4CC[C@@H](C(=O)N[C@@H](CCC(N)=O)c5ncc(-c6ccc(C(C)(C)C)cc6)s5)N4C3=O)cc2c1. The van der Waals surface area contributed by atoms with Gasteiger partial charge < -0.3 is 35.6 Å². The third-order valence-corrected chi connectivity index (χ3v) is 15.0. The Labute approximate surface area is 350 Å². The van der Waals surface area contributed by atoms with E-state index < -0.39 is 60.6 Å². The first-order valence-corrected chi connectivity index (χ1v) is 22.9. The maximum atomic E-state index is 15.5. The van der Waals surface area contributed by atoms with Gasteiger partial charge in [-0.1, -0.05) is 51.1 Å². The highest BCUT2D eigenvalue weighted by Gasteiger charge is 2.55. The van der Waals surface area contributed by atoms with Crippen LogP contribution in [0.25, 0.3) is 20.5 Å². The van der Waals surface area contributed by atoms with E-state index in [1.165, 1.54) is 42.9 Å². The first kappa shape index (κ1) is 44.4.